The quantitative estimate of drug-likeness (QED) is 0.768. The van der Waals surface area contributed by atoms with Gasteiger partial charge in [0.15, 0.2) is 0 Å². The summed E-state index contributed by atoms with van der Waals surface area (Å²) in [5.74, 6) is -0.686. The fraction of sp³-hybridized carbons (Fsp3) is 0.526. The van der Waals surface area contributed by atoms with Gasteiger partial charge in [-0.25, -0.2) is 4.79 Å². The molecule has 4 rings (SSSR count). The minimum Gasteiger partial charge on any atom is -0.370 e. The number of benzene rings is 1. The first-order valence-electron chi connectivity index (χ1n) is 9.46. The van der Waals surface area contributed by atoms with Crippen LogP contribution in [0.1, 0.15) is 31.7 Å². The van der Waals surface area contributed by atoms with Crippen LogP contribution in [0.4, 0.5) is 5.69 Å². The Bertz CT molecular complexity index is 960. The summed E-state index contributed by atoms with van der Waals surface area (Å²) < 4.78 is 3.11. The number of carbonyl (C=O) groups excluding carboxylic acids is 2. The van der Waals surface area contributed by atoms with Crippen LogP contribution in [0.15, 0.2) is 23.0 Å². The standard InChI is InChI=1S/C19H25N5O3/c1-20-12-4-3-9-23(11-12)13-5-6-14-16(10-13)22(2)19(27)24(14)15-7-8-17(25)21-18(15)26/h5-6,10,12,15,20H,3-4,7-9,11H2,1-2H3,(H,21,25,26). The third-order valence-electron chi connectivity index (χ3n) is 5.79. The molecule has 0 bridgehead atoms. The van der Waals surface area contributed by atoms with Crippen LogP contribution in [0, 0.1) is 0 Å². The lowest BCUT2D eigenvalue weighted by molar-refractivity contribution is -0.135. The molecule has 0 saturated carbocycles. The van der Waals surface area contributed by atoms with Crippen LogP contribution in [0.2, 0.25) is 0 Å². The van der Waals surface area contributed by atoms with Gasteiger partial charge in [0, 0.05) is 38.3 Å². The van der Waals surface area contributed by atoms with Gasteiger partial charge in [0.25, 0.3) is 0 Å². The largest absolute Gasteiger partial charge is 0.370 e. The molecule has 0 radical (unpaired) electrons. The number of fused-ring (bicyclic) bond motifs is 1. The van der Waals surface area contributed by atoms with Crippen molar-refractivity contribution in [1.29, 1.82) is 0 Å². The normalized spacial score (nSPS) is 23.7. The van der Waals surface area contributed by atoms with Crippen LogP contribution >= 0.6 is 0 Å². The molecule has 8 nitrogen and oxygen atoms in total. The zero-order valence-corrected chi connectivity index (χ0v) is 15.7. The highest BCUT2D eigenvalue weighted by molar-refractivity contribution is 6.00. The summed E-state index contributed by atoms with van der Waals surface area (Å²) in [6, 6.07) is 5.78. The zero-order chi connectivity index (χ0) is 19.1. The molecule has 1 aromatic heterocycles. The average Bonchev–Trinajstić information content (AvgIpc) is 2.92. The van der Waals surface area contributed by atoms with Gasteiger partial charge in [-0.05, 0) is 44.5 Å². The number of nitrogens with zero attached hydrogens (tertiary/aromatic N) is 3. The molecule has 8 heteroatoms. The molecule has 1 aromatic carbocycles. The summed E-state index contributed by atoms with van der Waals surface area (Å²) in [6.07, 6.45) is 2.89. The number of carbonyl (C=O) groups is 2. The van der Waals surface area contributed by atoms with Crippen molar-refractivity contribution in [2.75, 3.05) is 25.0 Å². The second-order valence-electron chi connectivity index (χ2n) is 7.43. The highest BCUT2D eigenvalue weighted by Crippen LogP contribution is 2.27. The second kappa shape index (κ2) is 6.84. The van der Waals surface area contributed by atoms with Crippen molar-refractivity contribution >= 4 is 28.5 Å². The fourth-order valence-electron chi connectivity index (χ4n) is 4.23. The first-order chi connectivity index (χ1) is 13.0. The van der Waals surface area contributed by atoms with Gasteiger partial charge in [-0.2, -0.15) is 0 Å². The monoisotopic (exact) mass is 371 g/mol. The first kappa shape index (κ1) is 17.8. The van der Waals surface area contributed by atoms with E-state index < -0.39 is 11.9 Å². The van der Waals surface area contributed by atoms with Gasteiger partial charge < -0.3 is 10.2 Å². The Morgan fingerprint density at radius 3 is 2.70 bits per heavy atom. The van der Waals surface area contributed by atoms with Crippen molar-refractivity contribution in [3.8, 4) is 0 Å². The topological polar surface area (TPSA) is 88.4 Å². The summed E-state index contributed by atoms with van der Waals surface area (Å²) in [4.78, 5) is 38.9. The molecular formula is C19H25N5O3. The lowest BCUT2D eigenvalue weighted by Crippen LogP contribution is -2.44. The van der Waals surface area contributed by atoms with Crippen molar-refractivity contribution < 1.29 is 9.59 Å². The molecule has 2 N–H and O–H groups in total. The van der Waals surface area contributed by atoms with Gasteiger partial charge >= 0.3 is 5.69 Å². The Labute approximate surface area is 157 Å². The summed E-state index contributed by atoms with van der Waals surface area (Å²) in [5, 5.41) is 5.69. The number of aromatic nitrogens is 2. The highest BCUT2D eigenvalue weighted by Gasteiger charge is 2.31. The number of piperidine rings is 2. The SMILES string of the molecule is CNC1CCCN(c2ccc3c(c2)n(C)c(=O)n3C2CCC(=O)NC2=O)C1. The van der Waals surface area contributed by atoms with Crippen LogP contribution in [0.25, 0.3) is 11.0 Å². The maximum atomic E-state index is 12.8. The number of hydrogen-bond acceptors (Lipinski definition) is 5. The van der Waals surface area contributed by atoms with E-state index in [1.165, 1.54) is 11.0 Å². The maximum absolute atomic E-state index is 12.8. The molecule has 27 heavy (non-hydrogen) atoms. The molecule has 0 spiro atoms. The van der Waals surface area contributed by atoms with Crippen LogP contribution in [0.5, 0.6) is 0 Å². The third-order valence-corrected chi connectivity index (χ3v) is 5.79. The molecule has 2 saturated heterocycles. The summed E-state index contributed by atoms with van der Waals surface area (Å²) in [6.45, 7) is 1.93. The fourth-order valence-corrected chi connectivity index (χ4v) is 4.23. The van der Waals surface area contributed by atoms with Crippen LogP contribution in [-0.2, 0) is 16.6 Å². The minimum atomic E-state index is -0.645. The number of amides is 2. The molecule has 0 aliphatic carbocycles. The van der Waals surface area contributed by atoms with Gasteiger partial charge in [0.1, 0.15) is 6.04 Å². The van der Waals surface area contributed by atoms with Crippen molar-refractivity contribution in [3.63, 3.8) is 0 Å². The molecule has 2 aliphatic heterocycles. The van der Waals surface area contributed by atoms with E-state index in [1.54, 1.807) is 11.6 Å². The van der Waals surface area contributed by atoms with Gasteiger partial charge in [-0.15, -0.1) is 0 Å². The predicted octanol–water partition coefficient (Wildman–Crippen LogP) is 0.506. The zero-order valence-electron chi connectivity index (χ0n) is 15.7. The van der Waals surface area contributed by atoms with Crippen LogP contribution in [-0.4, -0.2) is 47.1 Å². The van der Waals surface area contributed by atoms with E-state index >= 15 is 0 Å². The Kier molecular flexibility index (Phi) is 4.51. The molecule has 2 aliphatic rings. The van der Waals surface area contributed by atoms with Gasteiger partial charge in [0.2, 0.25) is 11.8 Å². The smallest absolute Gasteiger partial charge is 0.329 e. The van der Waals surface area contributed by atoms with Crippen LogP contribution in [0.3, 0.4) is 0 Å². The molecule has 2 aromatic rings. The minimum absolute atomic E-state index is 0.233. The van der Waals surface area contributed by atoms with E-state index in [4.69, 9.17) is 0 Å². The lowest BCUT2D eigenvalue weighted by atomic mass is 10.0. The van der Waals surface area contributed by atoms with E-state index in [0.29, 0.717) is 12.5 Å². The number of anilines is 1. The summed E-state index contributed by atoms with van der Waals surface area (Å²) in [5.41, 5.74) is 2.37. The lowest BCUT2D eigenvalue weighted by Gasteiger charge is -2.34. The number of likely N-dealkylation sites (N-methyl/N-ethyl adjacent to an activating group) is 1. The third kappa shape index (κ3) is 3.03. The summed E-state index contributed by atoms with van der Waals surface area (Å²) >= 11 is 0. The second-order valence-corrected chi connectivity index (χ2v) is 7.43. The van der Waals surface area contributed by atoms with E-state index in [-0.39, 0.29) is 18.0 Å². The molecule has 2 atom stereocenters. The first-order valence-corrected chi connectivity index (χ1v) is 9.46. The number of hydrogen-bond donors (Lipinski definition) is 2. The Morgan fingerprint density at radius 2 is 1.96 bits per heavy atom. The van der Waals surface area contributed by atoms with Crippen LogP contribution < -0.4 is 21.2 Å². The molecule has 2 fully saturated rings. The van der Waals surface area contributed by atoms with E-state index in [9.17, 15) is 14.4 Å². The number of rotatable bonds is 3. The predicted molar refractivity (Wildman–Crippen MR) is 103 cm³/mol. The Balaban J connectivity index is 1.73. The Morgan fingerprint density at radius 1 is 1.15 bits per heavy atom. The van der Waals surface area contributed by atoms with Gasteiger partial charge in [0.05, 0.1) is 11.0 Å². The Hall–Kier alpha value is -2.61. The van der Waals surface area contributed by atoms with Crippen molar-refractivity contribution in [1.82, 2.24) is 19.8 Å². The maximum Gasteiger partial charge on any atom is 0.329 e. The molecular weight excluding hydrogens is 346 g/mol. The number of imide groups is 1. The molecule has 2 amide bonds. The van der Waals surface area contributed by atoms with E-state index in [0.717, 1.165) is 36.2 Å². The highest BCUT2D eigenvalue weighted by atomic mass is 16.2. The number of aryl methyl sites for hydroxylation is 1. The van der Waals surface area contributed by atoms with Gasteiger partial charge in [-0.3, -0.25) is 24.0 Å². The molecule has 2 unspecified atom stereocenters. The van der Waals surface area contributed by atoms with Crippen molar-refractivity contribution in [2.24, 2.45) is 7.05 Å². The number of imidazole rings is 1. The molecule has 144 valence electrons. The average molecular weight is 371 g/mol. The van der Waals surface area contributed by atoms with Crippen molar-refractivity contribution in [3.05, 3.63) is 28.7 Å². The van der Waals surface area contributed by atoms with E-state index in [1.807, 2.05) is 25.2 Å². The van der Waals surface area contributed by atoms with Crippen molar-refractivity contribution in [2.45, 2.75) is 37.8 Å². The molecule has 3 heterocycles. The van der Waals surface area contributed by atoms with E-state index in [2.05, 4.69) is 15.5 Å². The number of nitrogens with one attached hydrogen (secondary N) is 2. The van der Waals surface area contributed by atoms with Gasteiger partial charge in [-0.1, -0.05) is 0 Å². The summed E-state index contributed by atoms with van der Waals surface area (Å²) in [7, 11) is 3.71.